The molecule has 31 heavy (non-hydrogen) atoms. The van der Waals surface area contributed by atoms with Crippen LogP contribution in [0.1, 0.15) is 18.5 Å². The van der Waals surface area contributed by atoms with Crippen molar-refractivity contribution in [3.05, 3.63) is 11.1 Å². The second-order valence-electron chi connectivity index (χ2n) is 6.44. The normalized spacial score (nSPS) is 20.9. The summed E-state index contributed by atoms with van der Waals surface area (Å²) in [6.07, 6.45) is 0.204. The molecule has 2 fully saturated rings. The molecule has 2 amide bonds. The number of oxime groups is 1. The largest absolute Gasteiger partial charge is 0.479 e. The fourth-order valence-corrected chi connectivity index (χ4v) is 4.15. The second kappa shape index (κ2) is 8.71. The van der Waals surface area contributed by atoms with Gasteiger partial charge < -0.3 is 25.7 Å². The first-order valence-corrected chi connectivity index (χ1v) is 10.8. The van der Waals surface area contributed by atoms with Crippen molar-refractivity contribution < 1.29 is 46.3 Å². The van der Waals surface area contributed by atoms with Crippen molar-refractivity contribution in [2.24, 2.45) is 5.16 Å². The number of aliphatic carboxylic acids is 1. The van der Waals surface area contributed by atoms with E-state index in [4.69, 9.17) is 20.1 Å². The standard InChI is InChI=1S/C14H17N5O10S2/c15-13-16-7(6-30-13)9(18-28-5-8(20)21)11(22)17-10-12(23)19(29-31(24,25)26)14(10)1-3-27-4-2-14/h6,10H,1-5H2,(H2,15,16)(H,17,22)(H,20,21)(H,24,25,26). The number of ether oxygens (including phenoxy) is 1. The minimum atomic E-state index is -4.99. The number of aromatic nitrogens is 1. The number of hydrogen-bond donors (Lipinski definition) is 4. The van der Waals surface area contributed by atoms with E-state index >= 15 is 0 Å². The Hall–Kier alpha value is -2.86. The Morgan fingerprint density at radius 3 is 2.68 bits per heavy atom. The summed E-state index contributed by atoms with van der Waals surface area (Å²) in [6.45, 7) is -0.567. The molecule has 2 aliphatic heterocycles. The number of nitrogens with two attached hydrogens (primary N) is 1. The third-order valence-electron chi connectivity index (χ3n) is 4.52. The lowest BCUT2D eigenvalue weighted by molar-refractivity contribution is -0.240. The number of anilines is 1. The Morgan fingerprint density at radius 2 is 2.13 bits per heavy atom. The van der Waals surface area contributed by atoms with Crippen LogP contribution in [0, 0.1) is 0 Å². The van der Waals surface area contributed by atoms with Gasteiger partial charge in [0.2, 0.25) is 6.61 Å². The average Bonchev–Trinajstić information content (AvgIpc) is 3.13. The van der Waals surface area contributed by atoms with Crippen molar-refractivity contribution in [1.82, 2.24) is 15.4 Å². The number of carboxylic acids is 1. The van der Waals surface area contributed by atoms with Crippen LogP contribution in [0.5, 0.6) is 0 Å². The van der Waals surface area contributed by atoms with Crippen LogP contribution in [0.25, 0.3) is 0 Å². The molecule has 15 nitrogen and oxygen atoms in total. The zero-order valence-electron chi connectivity index (χ0n) is 15.6. The highest BCUT2D eigenvalue weighted by Gasteiger charge is 2.64. The maximum atomic E-state index is 12.8. The molecule has 1 aromatic heterocycles. The topological polar surface area (TPSA) is 220 Å². The van der Waals surface area contributed by atoms with Gasteiger partial charge in [-0.15, -0.1) is 15.6 Å². The first-order chi connectivity index (χ1) is 14.5. The molecule has 2 saturated heterocycles. The number of thiazole rings is 1. The average molecular weight is 479 g/mol. The molecule has 3 rings (SSSR count). The number of nitrogens with one attached hydrogen (secondary N) is 1. The molecule has 17 heteroatoms. The number of amides is 2. The highest BCUT2D eigenvalue weighted by Crippen LogP contribution is 2.41. The Bertz CT molecular complexity index is 1020. The van der Waals surface area contributed by atoms with Gasteiger partial charge in [0.25, 0.3) is 11.8 Å². The van der Waals surface area contributed by atoms with Gasteiger partial charge in [0, 0.05) is 18.6 Å². The third kappa shape index (κ3) is 4.90. The lowest BCUT2D eigenvalue weighted by Gasteiger charge is -2.56. The molecule has 170 valence electrons. The van der Waals surface area contributed by atoms with E-state index in [1.807, 2.05) is 0 Å². The first kappa shape index (κ1) is 22.8. The number of nitrogen functional groups attached to an aromatic ring is 1. The van der Waals surface area contributed by atoms with E-state index in [1.54, 1.807) is 0 Å². The number of carbonyl (C=O) groups excluding carboxylic acids is 2. The molecule has 1 atom stereocenters. The van der Waals surface area contributed by atoms with Crippen molar-refractivity contribution in [3.8, 4) is 0 Å². The molecule has 0 radical (unpaired) electrons. The van der Waals surface area contributed by atoms with E-state index in [0.717, 1.165) is 11.3 Å². The second-order valence-corrected chi connectivity index (χ2v) is 8.33. The zero-order valence-corrected chi connectivity index (χ0v) is 17.2. The maximum Gasteiger partial charge on any atom is 0.418 e. The molecule has 1 unspecified atom stereocenters. The zero-order chi connectivity index (χ0) is 22.8. The molecule has 1 spiro atoms. The van der Waals surface area contributed by atoms with Crippen molar-refractivity contribution >= 4 is 50.4 Å². The molecule has 0 bridgehead atoms. The molecule has 1 aromatic rings. The molecular weight excluding hydrogens is 462 g/mol. The highest BCUT2D eigenvalue weighted by atomic mass is 32.3. The van der Waals surface area contributed by atoms with E-state index in [2.05, 4.69) is 24.6 Å². The Kier molecular flexibility index (Phi) is 6.41. The molecule has 2 aliphatic rings. The van der Waals surface area contributed by atoms with Crippen molar-refractivity contribution in [2.75, 3.05) is 25.6 Å². The summed E-state index contributed by atoms with van der Waals surface area (Å²) < 4.78 is 40.8. The van der Waals surface area contributed by atoms with Crippen molar-refractivity contribution in [3.63, 3.8) is 0 Å². The number of nitrogens with zero attached hydrogens (tertiary/aromatic N) is 3. The molecule has 0 aromatic carbocycles. The van der Waals surface area contributed by atoms with Crippen LogP contribution >= 0.6 is 11.3 Å². The minimum absolute atomic E-state index is 0.0239. The summed E-state index contributed by atoms with van der Waals surface area (Å²) in [7, 11) is -4.99. The predicted octanol–water partition coefficient (Wildman–Crippen LogP) is -1.86. The lowest BCUT2D eigenvalue weighted by atomic mass is 9.74. The summed E-state index contributed by atoms with van der Waals surface area (Å²) in [6, 6.07) is -1.24. The van der Waals surface area contributed by atoms with Crippen molar-refractivity contribution in [1.29, 1.82) is 0 Å². The predicted molar refractivity (Wildman–Crippen MR) is 101 cm³/mol. The van der Waals surface area contributed by atoms with Gasteiger partial charge in [-0.05, 0) is 12.8 Å². The molecular formula is C14H17N5O10S2. The summed E-state index contributed by atoms with van der Waals surface area (Å²) in [4.78, 5) is 44.5. The lowest BCUT2D eigenvalue weighted by Crippen LogP contribution is -2.80. The number of hydrogen-bond acceptors (Lipinski definition) is 12. The minimum Gasteiger partial charge on any atom is -0.479 e. The monoisotopic (exact) mass is 479 g/mol. The van der Waals surface area contributed by atoms with Crippen LogP contribution in [0.2, 0.25) is 0 Å². The van der Waals surface area contributed by atoms with Crippen LogP contribution in [0.4, 0.5) is 5.13 Å². The Balaban J connectivity index is 1.84. The van der Waals surface area contributed by atoms with Crippen LogP contribution in [-0.2, 0) is 38.6 Å². The summed E-state index contributed by atoms with van der Waals surface area (Å²) >= 11 is 0.985. The van der Waals surface area contributed by atoms with Gasteiger partial charge in [0.05, 0.1) is 0 Å². The number of carbonyl (C=O) groups is 3. The fourth-order valence-electron chi connectivity index (χ4n) is 3.19. The summed E-state index contributed by atoms with van der Waals surface area (Å²) in [5.41, 5.74) is 3.79. The molecule has 5 N–H and O–H groups in total. The van der Waals surface area contributed by atoms with Gasteiger partial charge >= 0.3 is 16.4 Å². The smallest absolute Gasteiger partial charge is 0.418 e. The Labute approximate surface area is 178 Å². The van der Waals surface area contributed by atoms with Gasteiger partial charge in [-0.25, -0.2) is 9.78 Å². The highest BCUT2D eigenvalue weighted by molar-refractivity contribution is 7.80. The SMILES string of the molecule is Nc1nc(C(=NOCC(=O)O)C(=O)NC2C(=O)N(OS(=O)(=O)O)C23CCOCC3)cs1. The van der Waals surface area contributed by atoms with Crippen LogP contribution in [0.15, 0.2) is 10.5 Å². The number of rotatable bonds is 8. The molecule has 3 heterocycles. The fraction of sp³-hybridized carbons (Fsp3) is 0.500. The summed E-state index contributed by atoms with van der Waals surface area (Å²) in [5, 5.41) is 16.6. The number of carboxylic acid groups (broad SMARTS) is 1. The number of β-lactam (4-membered cyclic amide) rings is 1. The summed E-state index contributed by atoms with van der Waals surface area (Å²) in [5.74, 6) is -3.22. The maximum absolute atomic E-state index is 12.8. The molecule has 0 saturated carbocycles. The van der Waals surface area contributed by atoms with Gasteiger partial charge in [-0.1, -0.05) is 5.16 Å². The van der Waals surface area contributed by atoms with Gasteiger partial charge in [0.1, 0.15) is 17.3 Å². The first-order valence-electron chi connectivity index (χ1n) is 8.56. The van der Waals surface area contributed by atoms with Crippen LogP contribution in [0.3, 0.4) is 0 Å². The quantitative estimate of drug-likeness (QED) is 0.140. The van der Waals surface area contributed by atoms with E-state index in [9.17, 15) is 22.8 Å². The van der Waals surface area contributed by atoms with E-state index in [1.165, 1.54) is 5.38 Å². The van der Waals surface area contributed by atoms with Crippen molar-refractivity contribution in [2.45, 2.75) is 24.4 Å². The van der Waals surface area contributed by atoms with E-state index in [-0.39, 0.29) is 36.9 Å². The van der Waals surface area contributed by atoms with Gasteiger partial charge in [0.15, 0.2) is 10.8 Å². The van der Waals surface area contributed by atoms with Crippen LogP contribution < -0.4 is 11.1 Å². The van der Waals surface area contributed by atoms with Gasteiger partial charge in [-0.2, -0.15) is 13.5 Å². The van der Waals surface area contributed by atoms with E-state index < -0.39 is 52.1 Å². The van der Waals surface area contributed by atoms with Crippen LogP contribution in [-0.4, -0.2) is 83.0 Å². The third-order valence-corrected chi connectivity index (χ3v) is 5.53. The van der Waals surface area contributed by atoms with Gasteiger partial charge in [-0.3, -0.25) is 14.1 Å². The molecule has 0 aliphatic carbocycles. The Morgan fingerprint density at radius 1 is 1.45 bits per heavy atom. The number of hydroxylamine groups is 2. The van der Waals surface area contributed by atoms with E-state index in [0.29, 0.717) is 5.06 Å².